The third kappa shape index (κ3) is 4.36. The van der Waals surface area contributed by atoms with Gasteiger partial charge in [0.15, 0.2) is 0 Å². The maximum Gasteiger partial charge on any atom is 0.270 e. The van der Waals surface area contributed by atoms with Crippen molar-refractivity contribution < 1.29 is 9.72 Å². The van der Waals surface area contributed by atoms with E-state index < -0.39 is 4.92 Å². The first-order chi connectivity index (χ1) is 11.0. The van der Waals surface area contributed by atoms with Crippen LogP contribution in [-0.4, -0.2) is 41.4 Å². The van der Waals surface area contributed by atoms with E-state index in [4.69, 9.17) is 5.73 Å². The molecule has 1 heterocycles. The van der Waals surface area contributed by atoms with Crippen LogP contribution >= 0.6 is 12.4 Å². The van der Waals surface area contributed by atoms with Gasteiger partial charge in [0.25, 0.3) is 11.6 Å². The largest absolute Gasteiger partial charge is 0.398 e. The van der Waals surface area contributed by atoms with Gasteiger partial charge in [-0.15, -0.1) is 12.4 Å². The minimum Gasteiger partial charge on any atom is -0.398 e. The molecular formula is C16H23ClN4O3. The number of nitro groups is 1. The number of carbonyl (C=O) groups excluding carboxylic acids is 1. The number of benzene rings is 1. The Morgan fingerprint density at radius 2 is 1.96 bits per heavy atom. The molecular weight excluding hydrogens is 332 g/mol. The van der Waals surface area contributed by atoms with E-state index in [0.29, 0.717) is 19.1 Å². The van der Waals surface area contributed by atoms with E-state index in [1.807, 2.05) is 0 Å². The van der Waals surface area contributed by atoms with Crippen LogP contribution in [0.15, 0.2) is 18.2 Å². The number of halogens is 1. The van der Waals surface area contributed by atoms with E-state index in [9.17, 15) is 14.9 Å². The molecule has 3 rings (SSSR count). The lowest BCUT2D eigenvalue weighted by Gasteiger charge is -2.32. The van der Waals surface area contributed by atoms with Crippen LogP contribution in [0.2, 0.25) is 0 Å². The predicted octanol–water partition coefficient (Wildman–Crippen LogP) is 2.20. The number of likely N-dealkylation sites (tertiary alicyclic amines) is 1. The van der Waals surface area contributed by atoms with Crippen LogP contribution in [0.5, 0.6) is 0 Å². The number of non-ortho nitro benzene ring substituents is 1. The summed E-state index contributed by atoms with van der Waals surface area (Å²) in [6, 6.07) is 4.48. The summed E-state index contributed by atoms with van der Waals surface area (Å²) < 4.78 is 0. The van der Waals surface area contributed by atoms with E-state index >= 15 is 0 Å². The lowest BCUT2D eigenvalue weighted by Crippen LogP contribution is -2.45. The molecule has 0 radical (unpaired) electrons. The molecule has 1 saturated carbocycles. The molecule has 0 bridgehead atoms. The third-order valence-electron chi connectivity index (χ3n) is 4.65. The molecule has 1 amide bonds. The molecule has 1 aromatic rings. The predicted molar refractivity (Wildman–Crippen MR) is 94.4 cm³/mol. The summed E-state index contributed by atoms with van der Waals surface area (Å²) >= 11 is 0. The van der Waals surface area contributed by atoms with E-state index in [1.165, 1.54) is 31.0 Å². The number of nitrogens with one attached hydrogen (secondary N) is 1. The van der Waals surface area contributed by atoms with Crippen LogP contribution in [0.4, 0.5) is 11.4 Å². The van der Waals surface area contributed by atoms with Gasteiger partial charge in [0.05, 0.1) is 10.5 Å². The van der Waals surface area contributed by atoms with Crippen LogP contribution in [0.25, 0.3) is 0 Å². The molecule has 8 heteroatoms. The monoisotopic (exact) mass is 354 g/mol. The Morgan fingerprint density at radius 1 is 1.29 bits per heavy atom. The van der Waals surface area contributed by atoms with Crippen molar-refractivity contribution in [2.45, 2.75) is 31.7 Å². The van der Waals surface area contributed by atoms with Crippen molar-refractivity contribution in [2.24, 2.45) is 5.92 Å². The zero-order chi connectivity index (χ0) is 16.4. The molecule has 0 aromatic heterocycles. The summed E-state index contributed by atoms with van der Waals surface area (Å²) in [4.78, 5) is 24.7. The zero-order valence-corrected chi connectivity index (χ0v) is 14.3. The second kappa shape index (κ2) is 7.81. The topological polar surface area (TPSA) is 101 Å². The first-order valence-electron chi connectivity index (χ1n) is 8.11. The van der Waals surface area contributed by atoms with Crippen molar-refractivity contribution in [1.29, 1.82) is 0 Å². The van der Waals surface area contributed by atoms with E-state index in [0.717, 1.165) is 25.3 Å². The second-order valence-corrected chi connectivity index (χ2v) is 6.45. The molecule has 1 aliphatic carbocycles. The number of nitrogens with zero attached hydrogens (tertiary/aromatic N) is 2. The highest BCUT2D eigenvalue weighted by Crippen LogP contribution is 2.28. The molecule has 1 aliphatic heterocycles. The number of carbonyl (C=O) groups is 1. The Kier molecular flexibility index (Phi) is 6.01. The first-order valence-corrected chi connectivity index (χ1v) is 8.11. The van der Waals surface area contributed by atoms with Gasteiger partial charge in [0, 0.05) is 37.0 Å². The molecule has 1 saturated heterocycles. The standard InChI is InChI=1S/C16H22N4O3.ClH/c17-15-4-3-13(20(22)23)9-14(15)16(21)19-7-5-12(6-8-19)18-10-11-1-2-11;/h3-4,9,11-12,18H,1-2,5-8,10,17H2;1H. The van der Waals surface area contributed by atoms with Crippen molar-refractivity contribution in [2.75, 3.05) is 25.4 Å². The molecule has 2 fully saturated rings. The fraction of sp³-hybridized carbons (Fsp3) is 0.562. The maximum absolute atomic E-state index is 12.6. The summed E-state index contributed by atoms with van der Waals surface area (Å²) in [7, 11) is 0. The summed E-state index contributed by atoms with van der Waals surface area (Å²) in [6.45, 7) is 2.39. The van der Waals surface area contributed by atoms with E-state index in [-0.39, 0.29) is 35.3 Å². The number of hydrogen-bond acceptors (Lipinski definition) is 5. The molecule has 132 valence electrons. The number of rotatable bonds is 5. The lowest BCUT2D eigenvalue weighted by atomic mass is 10.0. The molecule has 1 aromatic carbocycles. The second-order valence-electron chi connectivity index (χ2n) is 6.45. The normalized spacial score (nSPS) is 18.1. The molecule has 3 N–H and O–H groups in total. The molecule has 7 nitrogen and oxygen atoms in total. The van der Waals surface area contributed by atoms with Crippen LogP contribution in [0, 0.1) is 16.0 Å². The third-order valence-corrected chi connectivity index (χ3v) is 4.65. The van der Waals surface area contributed by atoms with Gasteiger partial charge < -0.3 is 16.0 Å². The lowest BCUT2D eigenvalue weighted by molar-refractivity contribution is -0.384. The van der Waals surface area contributed by atoms with Gasteiger partial charge in [-0.2, -0.15) is 0 Å². The summed E-state index contributed by atoms with van der Waals surface area (Å²) in [5.74, 6) is 0.631. The minimum atomic E-state index is -0.510. The Labute approximate surface area is 147 Å². The highest BCUT2D eigenvalue weighted by atomic mass is 35.5. The SMILES string of the molecule is Cl.Nc1ccc([N+](=O)[O-])cc1C(=O)N1CCC(NCC2CC2)CC1. The average Bonchev–Trinajstić information content (AvgIpc) is 3.37. The number of anilines is 1. The summed E-state index contributed by atoms with van der Waals surface area (Å²) in [5, 5.41) is 14.4. The number of hydrogen-bond donors (Lipinski definition) is 2. The average molecular weight is 355 g/mol. The van der Waals surface area contributed by atoms with Crippen LogP contribution in [0.1, 0.15) is 36.0 Å². The van der Waals surface area contributed by atoms with Crippen molar-refractivity contribution in [1.82, 2.24) is 10.2 Å². The van der Waals surface area contributed by atoms with Gasteiger partial charge in [-0.3, -0.25) is 14.9 Å². The van der Waals surface area contributed by atoms with Crippen molar-refractivity contribution in [3.05, 3.63) is 33.9 Å². The highest BCUT2D eigenvalue weighted by molar-refractivity contribution is 5.99. The first kappa shape index (κ1) is 18.5. The van der Waals surface area contributed by atoms with Crippen molar-refractivity contribution in [3.8, 4) is 0 Å². The number of nitro benzene ring substituents is 1. The minimum absolute atomic E-state index is 0. The molecule has 2 aliphatic rings. The molecule has 24 heavy (non-hydrogen) atoms. The molecule has 0 atom stereocenters. The smallest absolute Gasteiger partial charge is 0.270 e. The van der Waals surface area contributed by atoms with Crippen LogP contribution < -0.4 is 11.1 Å². The van der Waals surface area contributed by atoms with Gasteiger partial charge in [0.1, 0.15) is 0 Å². The van der Waals surface area contributed by atoms with Crippen molar-refractivity contribution in [3.63, 3.8) is 0 Å². The zero-order valence-electron chi connectivity index (χ0n) is 13.4. The fourth-order valence-electron chi connectivity index (χ4n) is 2.96. The van der Waals surface area contributed by atoms with E-state index in [2.05, 4.69) is 5.32 Å². The maximum atomic E-state index is 12.6. The number of nitrogens with two attached hydrogens (primary N) is 1. The van der Waals surface area contributed by atoms with Gasteiger partial charge >= 0.3 is 0 Å². The van der Waals surface area contributed by atoms with Crippen LogP contribution in [-0.2, 0) is 0 Å². The number of amides is 1. The number of piperidine rings is 1. The fourth-order valence-corrected chi connectivity index (χ4v) is 2.96. The quantitative estimate of drug-likeness (QED) is 0.479. The molecule has 0 spiro atoms. The van der Waals surface area contributed by atoms with Gasteiger partial charge in [-0.1, -0.05) is 0 Å². The van der Waals surface area contributed by atoms with Gasteiger partial charge in [-0.05, 0) is 44.2 Å². The van der Waals surface area contributed by atoms with Crippen LogP contribution in [0.3, 0.4) is 0 Å². The summed E-state index contributed by atoms with van der Waals surface area (Å²) in [5.41, 5.74) is 6.23. The Bertz CT molecular complexity index is 613. The Morgan fingerprint density at radius 3 is 2.54 bits per heavy atom. The van der Waals surface area contributed by atoms with Gasteiger partial charge in [0.2, 0.25) is 0 Å². The molecule has 0 unspecified atom stereocenters. The van der Waals surface area contributed by atoms with Gasteiger partial charge in [-0.25, -0.2) is 0 Å². The summed E-state index contributed by atoms with van der Waals surface area (Å²) in [6.07, 6.45) is 4.48. The van der Waals surface area contributed by atoms with Crippen molar-refractivity contribution >= 4 is 29.7 Å². The number of nitrogen functional groups attached to an aromatic ring is 1. The highest BCUT2D eigenvalue weighted by Gasteiger charge is 2.27. The van der Waals surface area contributed by atoms with E-state index in [1.54, 1.807) is 4.90 Å². The Hall–Kier alpha value is -1.86. The Balaban J connectivity index is 0.00000208.